The van der Waals surface area contributed by atoms with Gasteiger partial charge in [0.25, 0.3) is 5.56 Å². The molecule has 0 bridgehead atoms. The predicted octanol–water partition coefficient (Wildman–Crippen LogP) is 3.31. The van der Waals surface area contributed by atoms with Crippen molar-refractivity contribution in [1.82, 2.24) is 14.9 Å². The Morgan fingerprint density at radius 2 is 2.00 bits per heavy atom. The Morgan fingerprint density at radius 3 is 2.67 bits per heavy atom. The molecule has 5 nitrogen and oxygen atoms in total. The van der Waals surface area contributed by atoms with E-state index < -0.39 is 17.8 Å². The number of hydrogen-bond donors (Lipinski definition) is 1. The number of nitrogens with one attached hydrogen (secondary N) is 1. The lowest BCUT2D eigenvalue weighted by atomic mass is 9.97. The smallest absolute Gasteiger partial charge is 0.335 e. The summed E-state index contributed by atoms with van der Waals surface area (Å²) in [5.41, 5.74) is -0.305. The number of aryl methyl sites for hydroxylation is 2. The van der Waals surface area contributed by atoms with Gasteiger partial charge in [0.05, 0.1) is 18.0 Å². The van der Waals surface area contributed by atoms with Crippen LogP contribution in [-0.2, 0) is 17.4 Å². The lowest BCUT2D eigenvalue weighted by molar-refractivity contribution is -0.140. The van der Waals surface area contributed by atoms with E-state index in [4.69, 9.17) is 0 Å². The van der Waals surface area contributed by atoms with E-state index in [-0.39, 0.29) is 29.0 Å². The minimum absolute atomic E-state index is 0.100. The zero-order valence-corrected chi connectivity index (χ0v) is 15.1. The summed E-state index contributed by atoms with van der Waals surface area (Å²) in [4.78, 5) is 33.1. The number of aromatic nitrogens is 2. The summed E-state index contributed by atoms with van der Waals surface area (Å²) < 4.78 is 40.1. The number of likely N-dealkylation sites (tertiary alicyclic amines) is 1. The van der Waals surface area contributed by atoms with Gasteiger partial charge in [-0.25, -0.2) is 4.98 Å². The maximum absolute atomic E-state index is 13.4. The fourth-order valence-corrected chi connectivity index (χ4v) is 3.65. The van der Waals surface area contributed by atoms with Crippen molar-refractivity contribution in [2.24, 2.45) is 0 Å². The Hall–Kier alpha value is -2.64. The SMILES string of the molecule is Cc1nc(C)c(CC(=O)N2CCC[C@H]2c2ccccc2C(F)(F)F)c(=O)[nH]1. The van der Waals surface area contributed by atoms with Crippen LogP contribution in [0.4, 0.5) is 13.2 Å². The van der Waals surface area contributed by atoms with Crippen LogP contribution in [0.1, 0.15) is 47.1 Å². The first-order chi connectivity index (χ1) is 12.7. The third kappa shape index (κ3) is 3.89. The summed E-state index contributed by atoms with van der Waals surface area (Å²) >= 11 is 0. The number of alkyl halides is 3. The second kappa shape index (κ2) is 7.17. The third-order valence-corrected chi connectivity index (χ3v) is 4.87. The molecule has 1 amide bonds. The molecule has 0 radical (unpaired) electrons. The van der Waals surface area contributed by atoms with Gasteiger partial charge in [-0.3, -0.25) is 9.59 Å². The van der Waals surface area contributed by atoms with Crippen molar-refractivity contribution in [1.29, 1.82) is 0 Å². The van der Waals surface area contributed by atoms with Crippen LogP contribution < -0.4 is 5.56 Å². The fraction of sp³-hybridized carbons (Fsp3) is 0.421. The lowest BCUT2D eigenvalue weighted by Crippen LogP contribution is -2.34. The average molecular weight is 379 g/mol. The predicted molar refractivity (Wildman–Crippen MR) is 93.2 cm³/mol. The molecule has 1 aliphatic heterocycles. The molecule has 1 atom stereocenters. The molecule has 2 heterocycles. The molecule has 1 aliphatic rings. The molecule has 1 aromatic heterocycles. The van der Waals surface area contributed by atoms with Gasteiger partial charge in [-0.2, -0.15) is 13.2 Å². The van der Waals surface area contributed by atoms with Gasteiger partial charge >= 0.3 is 6.18 Å². The maximum atomic E-state index is 13.4. The molecular formula is C19H20F3N3O2. The Bertz CT molecular complexity index is 921. The average Bonchev–Trinajstić information content (AvgIpc) is 3.07. The molecule has 0 aliphatic carbocycles. The van der Waals surface area contributed by atoms with Crippen molar-refractivity contribution < 1.29 is 18.0 Å². The number of H-pyrrole nitrogens is 1. The van der Waals surface area contributed by atoms with Crippen molar-refractivity contribution in [2.75, 3.05) is 6.54 Å². The van der Waals surface area contributed by atoms with Crippen molar-refractivity contribution in [3.8, 4) is 0 Å². The van der Waals surface area contributed by atoms with E-state index in [1.54, 1.807) is 19.9 Å². The van der Waals surface area contributed by atoms with Gasteiger partial charge in [-0.15, -0.1) is 0 Å². The number of carbonyl (C=O) groups excluding carboxylic acids is 1. The van der Waals surface area contributed by atoms with Crippen LogP contribution in [0, 0.1) is 13.8 Å². The summed E-state index contributed by atoms with van der Waals surface area (Å²) in [7, 11) is 0. The van der Waals surface area contributed by atoms with E-state index in [9.17, 15) is 22.8 Å². The molecule has 0 unspecified atom stereocenters. The van der Waals surface area contributed by atoms with Crippen molar-refractivity contribution >= 4 is 5.91 Å². The first-order valence-corrected chi connectivity index (χ1v) is 8.70. The largest absolute Gasteiger partial charge is 0.416 e. The Morgan fingerprint density at radius 1 is 1.30 bits per heavy atom. The first kappa shape index (κ1) is 19.1. The summed E-state index contributed by atoms with van der Waals surface area (Å²) in [6.45, 7) is 3.65. The quantitative estimate of drug-likeness (QED) is 0.890. The van der Waals surface area contributed by atoms with Crippen LogP contribution in [0.2, 0.25) is 0 Å². The fourth-order valence-electron chi connectivity index (χ4n) is 3.65. The zero-order valence-electron chi connectivity index (χ0n) is 15.1. The van der Waals surface area contributed by atoms with E-state index in [0.29, 0.717) is 30.9 Å². The maximum Gasteiger partial charge on any atom is 0.416 e. The molecule has 144 valence electrons. The monoisotopic (exact) mass is 379 g/mol. The summed E-state index contributed by atoms with van der Waals surface area (Å²) in [6, 6.07) is 4.70. The molecule has 1 fully saturated rings. The Balaban J connectivity index is 1.90. The highest BCUT2D eigenvalue weighted by atomic mass is 19.4. The van der Waals surface area contributed by atoms with E-state index in [1.807, 2.05) is 0 Å². The summed E-state index contributed by atoms with van der Waals surface area (Å²) in [6.07, 6.45) is -3.59. The van der Waals surface area contributed by atoms with Crippen LogP contribution >= 0.6 is 0 Å². The van der Waals surface area contributed by atoms with Gasteiger partial charge in [0.2, 0.25) is 5.91 Å². The highest BCUT2D eigenvalue weighted by Crippen LogP contribution is 2.40. The number of benzene rings is 1. The number of aromatic amines is 1. The molecule has 1 aromatic carbocycles. The topological polar surface area (TPSA) is 66.1 Å². The number of rotatable bonds is 3. The molecule has 2 aromatic rings. The first-order valence-electron chi connectivity index (χ1n) is 8.70. The highest BCUT2D eigenvalue weighted by molar-refractivity contribution is 5.79. The van der Waals surface area contributed by atoms with Crippen LogP contribution in [0.15, 0.2) is 29.1 Å². The van der Waals surface area contributed by atoms with E-state index in [0.717, 1.165) is 6.07 Å². The van der Waals surface area contributed by atoms with Crippen LogP contribution in [0.25, 0.3) is 0 Å². The minimum Gasteiger partial charge on any atom is -0.335 e. The number of amides is 1. The zero-order chi connectivity index (χ0) is 19.8. The van der Waals surface area contributed by atoms with Crippen LogP contribution in [-0.4, -0.2) is 27.3 Å². The number of nitrogens with zero attached hydrogens (tertiary/aromatic N) is 2. The number of halogens is 3. The molecule has 0 spiro atoms. The van der Waals surface area contributed by atoms with Gasteiger partial charge in [0.15, 0.2) is 0 Å². The summed E-state index contributed by atoms with van der Waals surface area (Å²) in [5.74, 6) is 0.0839. The van der Waals surface area contributed by atoms with Crippen molar-refractivity contribution in [3.05, 3.63) is 62.8 Å². The van der Waals surface area contributed by atoms with Gasteiger partial charge in [0, 0.05) is 17.8 Å². The Kier molecular flexibility index (Phi) is 5.08. The summed E-state index contributed by atoms with van der Waals surface area (Å²) in [5, 5.41) is 0. The molecule has 1 N–H and O–H groups in total. The second-order valence-corrected chi connectivity index (χ2v) is 6.72. The number of carbonyl (C=O) groups is 1. The molecule has 1 saturated heterocycles. The van der Waals surface area contributed by atoms with Gasteiger partial charge in [-0.1, -0.05) is 18.2 Å². The highest BCUT2D eigenvalue weighted by Gasteiger charge is 2.39. The number of hydrogen-bond acceptors (Lipinski definition) is 3. The molecule has 27 heavy (non-hydrogen) atoms. The van der Waals surface area contributed by atoms with Gasteiger partial charge in [0.1, 0.15) is 5.82 Å². The molecule has 8 heteroatoms. The molecular weight excluding hydrogens is 359 g/mol. The van der Waals surface area contributed by atoms with Crippen LogP contribution in [0.5, 0.6) is 0 Å². The molecule has 3 rings (SSSR count). The van der Waals surface area contributed by atoms with Gasteiger partial charge in [-0.05, 0) is 38.3 Å². The standard InChI is InChI=1S/C19H20F3N3O2/c1-11-14(18(27)24-12(2)23-11)10-17(26)25-9-5-8-16(25)13-6-3-4-7-15(13)19(20,21)22/h3-4,6-7,16H,5,8-10H2,1-2H3,(H,23,24,27)/t16-/m0/s1. The molecule has 0 saturated carbocycles. The third-order valence-electron chi connectivity index (χ3n) is 4.87. The van der Waals surface area contributed by atoms with Crippen molar-refractivity contribution in [2.45, 2.75) is 45.3 Å². The van der Waals surface area contributed by atoms with Crippen LogP contribution in [0.3, 0.4) is 0 Å². The second-order valence-electron chi connectivity index (χ2n) is 6.72. The van der Waals surface area contributed by atoms with Crippen molar-refractivity contribution in [3.63, 3.8) is 0 Å². The van der Waals surface area contributed by atoms with E-state index in [1.165, 1.54) is 17.0 Å². The van der Waals surface area contributed by atoms with E-state index >= 15 is 0 Å². The van der Waals surface area contributed by atoms with Gasteiger partial charge < -0.3 is 9.88 Å². The van der Waals surface area contributed by atoms with E-state index in [2.05, 4.69) is 9.97 Å². The Labute approximate surface area is 154 Å². The normalized spacial score (nSPS) is 17.4. The minimum atomic E-state index is -4.48. The lowest BCUT2D eigenvalue weighted by Gasteiger charge is -2.27.